The Bertz CT molecular complexity index is 436. The summed E-state index contributed by atoms with van der Waals surface area (Å²) in [6.45, 7) is 7.73. The third kappa shape index (κ3) is 5.59. The van der Waals surface area contributed by atoms with E-state index in [4.69, 9.17) is 19.2 Å². The minimum Gasteiger partial charge on any atom is -0.496 e. The van der Waals surface area contributed by atoms with Crippen LogP contribution in [0.15, 0.2) is 24.3 Å². The molecule has 111 valence electrons. The lowest BCUT2D eigenvalue weighted by atomic mass is 10.2. The van der Waals surface area contributed by atoms with Crippen LogP contribution in [-0.2, 0) is 14.5 Å². The van der Waals surface area contributed by atoms with E-state index < -0.39 is 5.97 Å². The highest BCUT2D eigenvalue weighted by molar-refractivity contribution is 5.92. The lowest BCUT2D eigenvalue weighted by Crippen LogP contribution is -2.23. The Morgan fingerprint density at radius 1 is 1.15 bits per heavy atom. The van der Waals surface area contributed by atoms with Crippen LogP contribution in [0.25, 0.3) is 0 Å². The van der Waals surface area contributed by atoms with Crippen molar-refractivity contribution in [2.75, 3.05) is 13.7 Å². The number of hydrogen-bond donors (Lipinski definition) is 0. The minimum absolute atomic E-state index is 0.253. The Morgan fingerprint density at radius 2 is 1.80 bits per heavy atom. The van der Waals surface area contributed by atoms with Crippen molar-refractivity contribution < 1.29 is 24.0 Å². The Kier molecular flexibility index (Phi) is 5.98. The maximum Gasteiger partial charge on any atom is 0.376 e. The van der Waals surface area contributed by atoms with E-state index in [1.54, 1.807) is 31.2 Å². The predicted molar refractivity (Wildman–Crippen MR) is 74.1 cm³/mol. The van der Waals surface area contributed by atoms with Gasteiger partial charge in [0, 0.05) is 0 Å². The zero-order valence-corrected chi connectivity index (χ0v) is 12.6. The first kappa shape index (κ1) is 16.5. The molecule has 0 aromatic heterocycles. The summed E-state index contributed by atoms with van der Waals surface area (Å²) in [7, 11) is 1.49. The average molecular weight is 281 g/mol. The molecule has 5 heteroatoms. The van der Waals surface area contributed by atoms with Crippen LogP contribution in [0.2, 0.25) is 0 Å². The molecular formula is C15H21O5. The quantitative estimate of drug-likeness (QED) is 0.592. The molecule has 1 aromatic carbocycles. The lowest BCUT2D eigenvalue weighted by molar-refractivity contribution is -0.242. The Balaban J connectivity index is 2.47. The molecule has 0 atom stereocenters. The van der Waals surface area contributed by atoms with Crippen molar-refractivity contribution >= 4 is 5.97 Å². The van der Waals surface area contributed by atoms with E-state index in [9.17, 15) is 4.79 Å². The van der Waals surface area contributed by atoms with Gasteiger partial charge in [-0.2, -0.15) is 4.89 Å². The first-order chi connectivity index (χ1) is 9.33. The van der Waals surface area contributed by atoms with Crippen molar-refractivity contribution in [1.82, 2.24) is 0 Å². The predicted octanol–water partition coefficient (Wildman–Crippen LogP) is 3.15. The number of rotatable bonds is 6. The van der Waals surface area contributed by atoms with E-state index in [2.05, 4.69) is 0 Å². The van der Waals surface area contributed by atoms with Gasteiger partial charge in [0.2, 0.25) is 0 Å². The number of benzene rings is 1. The first-order valence-corrected chi connectivity index (χ1v) is 6.32. The molecule has 0 N–H and O–H groups in total. The molecule has 0 unspecified atom stereocenters. The second kappa shape index (κ2) is 7.26. The molecule has 0 amide bonds. The van der Waals surface area contributed by atoms with Crippen molar-refractivity contribution in [1.29, 1.82) is 0 Å². The van der Waals surface area contributed by atoms with Gasteiger partial charge in [0.25, 0.3) is 0 Å². The van der Waals surface area contributed by atoms with Crippen molar-refractivity contribution in [2.45, 2.75) is 33.3 Å². The fourth-order valence-corrected chi connectivity index (χ4v) is 1.31. The Morgan fingerprint density at radius 3 is 2.40 bits per heavy atom. The summed E-state index contributed by atoms with van der Waals surface area (Å²) < 4.78 is 10.6. The molecule has 5 nitrogen and oxygen atoms in total. The standard InChI is InChI=1S/C15H21O5/c1-11(10-18-15(2,3)4)19-20-14(16)12-8-6-7-9-13(12)17-5/h6-9H,10H2,1-5H3. The fraction of sp³-hybridized carbons (Fsp3) is 0.467. The van der Waals surface area contributed by atoms with E-state index in [0.29, 0.717) is 17.4 Å². The summed E-state index contributed by atoms with van der Waals surface area (Å²) in [4.78, 5) is 21.5. The highest BCUT2D eigenvalue weighted by Crippen LogP contribution is 2.19. The molecule has 0 saturated heterocycles. The monoisotopic (exact) mass is 281 g/mol. The number of carbonyl (C=O) groups is 1. The largest absolute Gasteiger partial charge is 0.496 e. The second-order valence-electron chi connectivity index (χ2n) is 5.26. The topological polar surface area (TPSA) is 54.0 Å². The van der Waals surface area contributed by atoms with Crippen molar-refractivity contribution in [3.8, 4) is 5.75 Å². The van der Waals surface area contributed by atoms with Crippen LogP contribution in [0.4, 0.5) is 0 Å². The van der Waals surface area contributed by atoms with Crippen molar-refractivity contribution in [3.63, 3.8) is 0 Å². The van der Waals surface area contributed by atoms with Gasteiger partial charge in [-0.05, 0) is 39.8 Å². The number of para-hydroxylation sites is 1. The zero-order valence-electron chi connectivity index (χ0n) is 12.6. The molecule has 0 bridgehead atoms. The zero-order chi connectivity index (χ0) is 15.2. The third-order valence-electron chi connectivity index (χ3n) is 2.29. The van der Waals surface area contributed by atoms with Gasteiger partial charge in [-0.1, -0.05) is 12.1 Å². The maximum atomic E-state index is 11.8. The van der Waals surface area contributed by atoms with Gasteiger partial charge in [0.1, 0.15) is 11.3 Å². The van der Waals surface area contributed by atoms with Gasteiger partial charge >= 0.3 is 5.97 Å². The smallest absolute Gasteiger partial charge is 0.376 e. The fourth-order valence-electron chi connectivity index (χ4n) is 1.31. The number of ether oxygens (including phenoxy) is 2. The molecule has 0 aliphatic rings. The average Bonchev–Trinajstić information content (AvgIpc) is 2.41. The molecule has 0 aliphatic heterocycles. The van der Waals surface area contributed by atoms with Crippen molar-refractivity contribution in [3.05, 3.63) is 35.9 Å². The van der Waals surface area contributed by atoms with E-state index in [1.807, 2.05) is 20.8 Å². The van der Waals surface area contributed by atoms with Gasteiger partial charge in [0.15, 0.2) is 6.10 Å². The minimum atomic E-state index is -0.613. The summed E-state index contributed by atoms with van der Waals surface area (Å²) in [5, 5.41) is 0. The summed E-state index contributed by atoms with van der Waals surface area (Å²) >= 11 is 0. The van der Waals surface area contributed by atoms with E-state index in [0.717, 1.165) is 0 Å². The molecule has 1 radical (unpaired) electrons. The lowest BCUT2D eigenvalue weighted by Gasteiger charge is -2.21. The second-order valence-corrected chi connectivity index (χ2v) is 5.26. The normalized spacial score (nSPS) is 11.5. The van der Waals surface area contributed by atoms with E-state index in [-0.39, 0.29) is 12.2 Å². The Labute approximate surface area is 119 Å². The van der Waals surface area contributed by atoms with E-state index >= 15 is 0 Å². The molecule has 0 heterocycles. The van der Waals surface area contributed by atoms with Gasteiger partial charge in [-0.3, -0.25) is 4.89 Å². The molecule has 0 aliphatic carbocycles. The summed E-state index contributed by atoms with van der Waals surface area (Å²) in [6.07, 6.45) is 0.461. The van der Waals surface area contributed by atoms with Crippen molar-refractivity contribution in [2.24, 2.45) is 0 Å². The third-order valence-corrected chi connectivity index (χ3v) is 2.29. The van der Waals surface area contributed by atoms with E-state index in [1.165, 1.54) is 7.11 Å². The number of carbonyl (C=O) groups excluding carboxylic acids is 1. The summed E-state index contributed by atoms with van der Waals surface area (Å²) in [5.41, 5.74) is 0.0247. The van der Waals surface area contributed by atoms with Crippen LogP contribution < -0.4 is 4.74 Å². The molecular weight excluding hydrogens is 260 g/mol. The van der Waals surface area contributed by atoms with Crippen LogP contribution in [0.5, 0.6) is 5.75 Å². The van der Waals surface area contributed by atoms with Crippen LogP contribution in [0.1, 0.15) is 38.1 Å². The number of methoxy groups -OCH3 is 1. The molecule has 1 aromatic rings. The van der Waals surface area contributed by atoms with Crippen LogP contribution in [0.3, 0.4) is 0 Å². The Hall–Kier alpha value is -1.59. The van der Waals surface area contributed by atoms with Crippen LogP contribution >= 0.6 is 0 Å². The molecule has 20 heavy (non-hydrogen) atoms. The highest BCUT2D eigenvalue weighted by atomic mass is 17.2. The van der Waals surface area contributed by atoms with Gasteiger partial charge in [-0.25, -0.2) is 4.79 Å². The van der Waals surface area contributed by atoms with Crippen LogP contribution in [0, 0.1) is 6.10 Å². The van der Waals surface area contributed by atoms with Crippen LogP contribution in [-0.4, -0.2) is 25.3 Å². The SMILES string of the molecule is COc1ccccc1C(=O)OO[C](C)COC(C)(C)C. The first-order valence-electron chi connectivity index (χ1n) is 6.32. The number of hydrogen-bond acceptors (Lipinski definition) is 5. The molecule has 1 rings (SSSR count). The highest BCUT2D eigenvalue weighted by Gasteiger charge is 2.18. The molecule has 0 fully saturated rings. The van der Waals surface area contributed by atoms with Gasteiger partial charge < -0.3 is 9.47 Å². The molecule has 0 spiro atoms. The maximum absolute atomic E-state index is 11.8. The van der Waals surface area contributed by atoms with Gasteiger partial charge in [0.05, 0.1) is 19.3 Å². The summed E-state index contributed by atoms with van der Waals surface area (Å²) in [5.74, 6) is -0.178. The summed E-state index contributed by atoms with van der Waals surface area (Å²) in [6, 6.07) is 6.77. The van der Waals surface area contributed by atoms with Gasteiger partial charge in [-0.15, -0.1) is 0 Å². The molecule has 0 saturated carbocycles.